The van der Waals surface area contributed by atoms with Crippen LogP contribution in [0.1, 0.15) is 26.0 Å². The molecule has 2 aromatic rings. The maximum absolute atomic E-state index is 12.4. The maximum atomic E-state index is 12.4. The molecule has 1 amide bonds. The highest BCUT2D eigenvalue weighted by molar-refractivity contribution is 5.77. The van der Waals surface area contributed by atoms with Crippen LogP contribution in [0, 0.1) is 6.92 Å². The normalized spacial score (nSPS) is 20.0. The zero-order valence-corrected chi connectivity index (χ0v) is 15.5. The molecule has 1 saturated heterocycles. The van der Waals surface area contributed by atoms with E-state index in [-0.39, 0.29) is 18.1 Å². The Balaban J connectivity index is 1.58. The fraction of sp³-hybridized carbons (Fsp3) is 0.474. The molecule has 0 bridgehead atoms. The first-order valence-corrected chi connectivity index (χ1v) is 8.94. The molecular formula is C19H25N5O2. The topological polar surface area (TPSA) is 80.2 Å². The van der Waals surface area contributed by atoms with Gasteiger partial charge in [0.25, 0.3) is 0 Å². The Hall–Kier alpha value is -2.54. The van der Waals surface area contributed by atoms with Crippen LogP contribution in [-0.2, 0) is 9.53 Å². The SMILES string of the molecule is Cc1cc(NCCC(=O)N2C[C@@H](C)O[C@@H](C)C2)nc(-c2ccncc2)n1. The van der Waals surface area contributed by atoms with Gasteiger partial charge in [0.2, 0.25) is 5.91 Å². The average Bonchev–Trinajstić information content (AvgIpc) is 2.61. The molecule has 7 nitrogen and oxygen atoms in total. The lowest BCUT2D eigenvalue weighted by Gasteiger charge is -2.35. The van der Waals surface area contributed by atoms with Gasteiger partial charge in [-0.2, -0.15) is 0 Å². The number of anilines is 1. The first-order chi connectivity index (χ1) is 12.5. The third-order valence-electron chi connectivity index (χ3n) is 4.21. The zero-order valence-electron chi connectivity index (χ0n) is 15.5. The van der Waals surface area contributed by atoms with Crippen LogP contribution >= 0.6 is 0 Å². The third-order valence-corrected chi connectivity index (χ3v) is 4.21. The van der Waals surface area contributed by atoms with Gasteiger partial charge in [-0.15, -0.1) is 0 Å². The summed E-state index contributed by atoms with van der Waals surface area (Å²) in [6.07, 6.45) is 4.03. The number of aryl methyl sites for hydroxylation is 1. The summed E-state index contributed by atoms with van der Waals surface area (Å²) in [6, 6.07) is 5.64. The van der Waals surface area contributed by atoms with Gasteiger partial charge in [-0.25, -0.2) is 9.97 Å². The molecule has 2 atom stereocenters. The van der Waals surface area contributed by atoms with Crippen molar-refractivity contribution >= 4 is 11.7 Å². The van der Waals surface area contributed by atoms with Crippen LogP contribution in [0.4, 0.5) is 5.82 Å². The van der Waals surface area contributed by atoms with Crippen LogP contribution in [0.15, 0.2) is 30.6 Å². The van der Waals surface area contributed by atoms with Crippen LogP contribution < -0.4 is 5.32 Å². The van der Waals surface area contributed by atoms with Crippen LogP contribution in [-0.4, -0.2) is 57.6 Å². The van der Waals surface area contributed by atoms with E-state index in [1.54, 1.807) is 12.4 Å². The number of nitrogens with one attached hydrogen (secondary N) is 1. The smallest absolute Gasteiger partial charge is 0.224 e. The molecule has 26 heavy (non-hydrogen) atoms. The molecule has 138 valence electrons. The van der Waals surface area contributed by atoms with Gasteiger partial charge in [0.15, 0.2) is 5.82 Å². The molecule has 1 aliphatic rings. The Labute approximate surface area is 153 Å². The second-order valence-corrected chi connectivity index (χ2v) is 6.69. The van der Waals surface area contributed by atoms with Crippen molar-refractivity contribution in [2.45, 2.75) is 39.4 Å². The molecule has 2 aromatic heterocycles. The zero-order chi connectivity index (χ0) is 18.5. The minimum absolute atomic E-state index is 0.0862. The molecule has 7 heteroatoms. The van der Waals surface area contributed by atoms with Crippen LogP contribution in [0.25, 0.3) is 11.4 Å². The summed E-state index contributed by atoms with van der Waals surface area (Å²) in [6.45, 7) is 7.77. The van der Waals surface area contributed by atoms with Crippen molar-refractivity contribution in [3.8, 4) is 11.4 Å². The van der Waals surface area contributed by atoms with E-state index < -0.39 is 0 Å². The molecule has 0 unspecified atom stereocenters. The third kappa shape index (κ3) is 4.76. The van der Waals surface area contributed by atoms with E-state index in [1.165, 1.54) is 0 Å². The van der Waals surface area contributed by atoms with Crippen molar-refractivity contribution in [1.82, 2.24) is 19.9 Å². The minimum Gasteiger partial charge on any atom is -0.372 e. The van der Waals surface area contributed by atoms with Gasteiger partial charge in [0.05, 0.1) is 12.2 Å². The van der Waals surface area contributed by atoms with E-state index in [4.69, 9.17) is 4.74 Å². The molecule has 3 heterocycles. The molecular weight excluding hydrogens is 330 g/mol. The second kappa shape index (κ2) is 8.23. The van der Waals surface area contributed by atoms with Gasteiger partial charge in [-0.3, -0.25) is 9.78 Å². The minimum atomic E-state index is 0.0862. The van der Waals surface area contributed by atoms with Gasteiger partial charge < -0.3 is 15.0 Å². The van der Waals surface area contributed by atoms with E-state index in [2.05, 4.69) is 20.3 Å². The van der Waals surface area contributed by atoms with E-state index in [0.717, 1.165) is 17.1 Å². The monoisotopic (exact) mass is 355 g/mol. The number of ether oxygens (including phenoxy) is 1. The van der Waals surface area contributed by atoms with Gasteiger partial charge in [0.1, 0.15) is 5.82 Å². The van der Waals surface area contributed by atoms with Crippen molar-refractivity contribution in [1.29, 1.82) is 0 Å². The molecule has 0 aromatic carbocycles. The fourth-order valence-corrected chi connectivity index (χ4v) is 3.13. The van der Waals surface area contributed by atoms with Crippen molar-refractivity contribution in [3.63, 3.8) is 0 Å². The first kappa shape index (κ1) is 18.3. The molecule has 0 aliphatic carbocycles. The Kier molecular flexibility index (Phi) is 5.78. The average molecular weight is 355 g/mol. The van der Waals surface area contributed by atoms with Gasteiger partial charge >= 0.3 is 0 Å². The van der Waals surface area contributed by atoms with E-state index in [9.17, 15) is 4.79 Å². The van der Waals surface area contributed by atoms with E-state index in [1.807, 2.05) is 43.9 Å². The molecule has 1 N–H and O–H groups in total. The highest BCUT2D eigenvalue weighted by Gasteiger charge is 2.25. The number of hydrogen-bond donors (Lipinski definition) is 1. The predicted octanol–water partition coefficient (Wildman–Crippen LogP) is 2.28. The largest absolute Gasteiger partial charge is 0.372 e. The number of aromatic nitrogens is 3. The highest BCUT2D eigenvalue weighted by atomic mass is 16.5. The number of morpholine rings is 1. The lowest BCUT2D eigenvalue weighted by molar-refractivity contribution is -0.142. The number of hydrogen-bond acceptors (Lipinski definition) is 6. The number of nitrogens with zero attached hydrogens (tertiary/aromatic N) is 4. The van der Waals surface area contributed by atoms with Gasteiger partial charge in [0, 0.05) is 55.8 Å². The highest BCUT2D eigenvalue weighted by Crippen LogP contribution is 2.17. The summed E-state index contributed by atoms with van der Waals surface area (Å²) in [7, 11) is 0. The first-order valence-electron chi connectivity index (χ1n) is 8.94. The summed E-state index contributed by atoms with van der Waals surface area (Å²) >= 11 is 0. The van der Waals surface area contributed by atoms with Crippen LogP contribution in [0.2, 0.25) is 0 Å². The number of amides is 1. The second-order valence-electron chi connectivity index (χ2n) is 6.69. The van der Waals surface area contributed by atoms with Crippen LogP contribution in [0.3, 0.4) is 0 Å². The standard InChI is InChI=1S/C19H25N5O2/c1-13-10-17(23-19(22-13)16-4-7-20-8-5-16)21-9-6-18(25)24-11-14(2)26-15(3)12-24/h4-5,7-8,10,14-15H,6,9,11-12H2,1-3H3,(H,21,22,23)/t14-,15+. The molecule has 0 spiro atoms. The molecule has 0 saturated carbocycles. The summed E-state index contributed by atoms with van der Waals surface area (Å²) in [5.74, 6) is 1.51. The summed E-state index contributed by atoms with van der Waals surface area (Å²) in [5, 5.41) is 3.24. The predicted molar refractivity (Wildman–Crippen MR) is 99.7 cm³/mol. The summed E-state index contributed by atoms with van der Waals surface area (Å²) in [4.78, 5) is 27.3. The maximum Gasteiger partial charge on any atom is 0.224 e. The fourth-order valence-electron chi connectivity index (χ4n) is 3.13. The number of carbonyl (C=O) groups excluding carboxylic acids is 1. The Morgan fingerprint density at radius 2 is 1.92 bits per heavy atom. The summed E-state index contributed by atoms with van der Waals surface area (Å²) in [5.41, 5.74) is 1.79. The van der Waals surface area contributed by atoms with Crippen LogP contribution in [0.5, 0.6) is 0 Å². The molecule has 0 radical (unpaired) electrons. The lowest BCUT2D eigenvalue weighted by atomic mass is 10.2. The van der Waals surface area contributed by atoms with Crippen molar-refractivity contribution in [2.24, 2.45) is 0 Å². The van der Waals surface area contributed by atoms with Crippen molar-refractivity contribution < 1.29 is 9.53 Å². The molecule has 1 aliphatic heterocycles. The van der Waals surface area contributed by atoms with Gasteiger partial charge in [-0.05, 0) is 32.9 Å². The molecule has 3 rings (SSSR count). The number of carbonyl (C=O) groups is 1. The van der Waals surface area contributed by atoms with E-state index in [0.29, 0.717) is 31.9 Å². The Morgan fingerprint density at radius 1 is 1.23 bits per heavy atom. The number of rotatable bonds is 5. The Bertz CT molecular complexity index is 743. The number of pyridine rings is 1. The van der Waals surface area contributed by atoms with Crippen molar-refractivity contribution in [3.05, 3.63) is 36.3 Å². The van der Waals surface area contributed by atoms with Crippen molar-refractivity contribution in [2.75, 3.05) is 25.0 Å². The molecule has 1 fully saturated rings. The van der Waals surface area contributed by atoms with Gasteiger partial charge in [-0.1, -0.05) is 0 Å². The Morgan fingerprint density at radius 3 is 2.62 bits per heavy atom. The lowest BCUT2D eigenvalue weighted by Crippen LogP contribution is -2.48. The summed E-state index contributed by atoms with van der Waals surface area (Å²) < 4.78 is 5.68. The quantitative estimate of drug-likeness (QED) is 0.886. The van der Waals surface area contributed by atoms with E-state index >= 15 is 0 Å².